The normalized spacial score (nSPS) is 12.4. The van der Waals surface area contributed by atoms with Crippen LogP contribution >= 0.6 is 11.3 Å². The van der Waals surface area contributed by atoms with Crippen molar-refractivity contribution in [2.75, 3.05) is 7.11 Å². The highest BCUT2D eigenvalue weighted by atomic mass is 32.1. The molecule has 0 radical (unpaired) electrons. The van der Waals surface area contributed by atoms with Crippen molar-refractivity contribution in [1.29, 1.82) is 0 Å². The lowest BCUT2D eigenvalue weighted by Gasteiger charge is -2.11. The van der Waals surface area contributed by atoms with E-state index in [0.717, 1.165) is 4.88 Å². The van der Waals surface area contributed by atoms with Crippen LogP contribution in [0, 0.1) is 6.92 Å². The molecule has 16 heavy (non-hydrogen) atoms. The number of aliphatic hydroxyl groups excluding tert-OH is 1. The van der Waals surface area contributed by atoms with Gasteiger partial charge in [0, 0.05) is 16.0 Å². The molecule has 0 aromatic carbocycles. The van der Waals surface area contributed by atoms with E-state index in [-0.39, 0.29) is 0 Å². The average molecular weight is 235 g/mol. The third kappa shape index (κ3) is 2.08. The molecule has 0 amide bonds. The van der Waals surface area contributed by atoms with Crippen molar-refractivity contribution in [3.63, 3.8) is 0 Å². The molecule has 0 aliphatic carbocycles. The summed E-state index contributed by atoms with van der Waals surface area (Å²) in [5.41, 5.74) is 0.562. The van der Waals surface area contributed by atoms with Gasteiger partial charge in [0.1, 0.15) is 17.5 Å². The first-order chi connectivity index (χ1) is 7.72. The summed E-state index contributed by atoms with van der Waals surface area (Å²) in [5.74, 6) is 0.612. The molecular weight excluding hydrogens is 222 g/mol. The summed E-state index contributed by atoms with van der Waals surface area (Å²) in [5, 5.41) is 10.2. The van der Waals surface area contributed by atoms with Crippen LogP contribution in [0.25, 0.3) is 0 Å². The van der Waals surface area contributed by atoms with Gasteiger partial charge in [-0.3, -0.25) is 4.98 Å². The van der Waals surface area contributed by atoms with Crippen LogP contribution in [0.1, 0.15) is 21.6 Å². The van der Waals surface area contributed by atoms with Gasteiger partial charge in [-0.1, -0.05) is 0 Å². The second-order valence-electron chi connectivity index (χ2n) is 3.44. The Kier molecular flexibility index (Phi) is 3.22. The second-order valence-corrected chi connectivity index (χ2v) is 4.76. The highest BCUT2D eigenvalue weighted by Crippen LogP contribution is 2.31. The van der Waals surface area contributed by atoms with Gasteiger partial charge in [-0.15, -0.1) is 11.3 Å². The van der Waals surface area contributed by atoms with Crippen molar-refractivity contribution >= 4 is 11.3 Å². The predicted molar refractivity (Wildman–Crippen MR) is 63.9 cm³/mol. The van der Waals surface area contributed by atoms with E-state index in [0.29, 0.717) is 11.4 Å². The van der Waals surface area contributed by atoms with Gasteiger partial charge in [-0.05, 0) is 31.2 Å². The Bertz CT molecular complexity index is 481. The fourth-order valence-corrected chi connectivity index (χ4v) is 2.38. The number of nitrogens with zero attached hydrogens (tertiary/aromatic N) is 1. The monoisotopic (exact) mass is 235 g/mol. The molecule has 4 heteroatoms. The van der Waals surface area contributed by atoms with E-state index < -0.39 is 6.10 Å². The molecule has 0 saturated heterocycles. The van der Waals surface area contributed by atoms with E-state index in [1.807, 2.05) is 19.1 Å². The standard InChI is InChI=1S/C12H13NO2S/c1-8-5-6-10(16-8)12(14)11-9(15-2)4-3-7-13-11/h3-7,12,14H,1-2H3. The topological polar surface area (TPSA) is 42.4 Å². The number of ether oxygens (including phenoxy) is 1. The zero-order chi connectivity index (χ0) is 11.5. The Morgan fingerprint density at radius 3 is 2.81 bits per heavy atom. The summed E-state index contributed by atoms with van der Waals surface area (Å²) < 4.78 is 5.18. The Balaban J connectivity index is 2.36. The molecule has 0 aliphatic heterocycles. The van der Waals surface area contributed by atoms with Gasteiger partial charge in [-0.25, -0.2) is 0 Å². The second kappa shape index (κ2) is 4.63. The van der Waals surface area contributed by atoms with Crippen LogP contribution in [-0.2, 0) is 0 Å². The van der Waals surface area contributed by atoms with Crippen molar-refractivity contribution in [2.45, 2.75) is 13.0 Å². The first-order valence-corrected chi connectivity index (χ1v) is 5.77. The number of thiophene rings is 1. The van der Waals surface area contributed by atoms with Crippen molar-refractivity contribution in [3.8, 4) is 5.75 Å². The maximum absolute atomic E-state index is 10.2. The number of aryl methyl sites for hydroxylation is 1. The fraction of sp³-hybridized carbons (Fsp3) is 0.250. The van der Waals surface area contributed by atoms with Crippen LogP contribution in [0.4, 0.5) is 0 Å². The molecular formula is C12H13NO2S. The lowest BCUT2D eigenvalue weighted by atomic mass is 10.2. The molecule has 84 valence electrons. The quantitative estimate of drug-likeness (QED) is 0.889. The molecule has 0 saturated carbocycles. The molecule has 0 aliphatic rings. The van der Waals surface area contributed by atoms with Gasteiger partial charge in [0.25, 0.3) is 0 Å². The van der Waals surface area contributed by atoms with Gasteiger partial charge in [0.2, 0.25) is 0 Å². The first-order valence-electron chi connectivity index (χ1n) is 4.95. The number of aliphatic hydroxyl groups is 1. The Labute approximate surface area is 98.4 Å². The van der Waals surface area contributed by atoms with E-state index in [9.17, 15) is 5.11 Å². The molecule has 0 fully saturated rings. The summed E-state index contributed by atoms with van der Waals surface area (Å²) in [6.07, 6.45) is 0.941. The van der Waals surface area contributed by atoms with Crippen molar-refractivity contribution in [3.05, 3.63) is 45.9 Å². The molecule has 2 heterocycles. The molecule has 0 bridgehead atoms. The molecule has 3 nitrogen and oxygen atoms in total. The zero-order valence-corrected chi connectivity index (χ0v) is 9.99. The zero-order valence-electron chi connectivity index (χ0n) is 9.18. The Morgan fingerprint density at radius 1 is 1.38 bits per heavy atom. The average Bonchev–Trinajstić information content (AvgIpc) is 2.75. The SMILES string of the molecule is COc1cccnc1C(O)c1ccc(C)s1. The van der Waals surface area contributed by atoms with E-state index in [2.05, 4.69) is 4.98 Å². The Morgan fingerprint density at radius 2 is 2.19 bits per heavy atom. The minimum atomic E-state index is -0.713. The number of aromatic nitrogens is 1. The molecule has 0 spiro atoms. The molecule has 2 rings (SSSR count). The number of rotatable bonds is 3. The Hall–Kier alpha value is -1.39. The highest BCUT2D eigenvalue weighted by Gasteiger charge is 2.17. The van der Waals surface area contributed by atoms with Crippen molar-refractivity contribution in [1.82, 2.24) is 4.98 Å². The fourth-order valence-electron chi connectivity index (χ4n) is 1.52. The smallest absolute Gasteiger partial charge is 0.143 e. The maximum atomic E-state index is 10.2. The van der Waals surface area contributed by atoms with Crippen molar-refractivity contribution < 1.29 is 9.84 Å². The van der Waals surface area contributed by atoms with Crippen LogP contribution < -0.4 is 4.74 Å². The highest BCUT2D eigenvalue weighted by molar-refractivity contribution is 7.12. The largest absolute Gasteiger partial charge is 0.495 e. The summed E-state index contributed by atoms with van der Waals surface area (Å²) in [6.45, 7) is 2.01. The number of pyridine rings is 1. The number of hydrogen-bond acceptors (Lipinski definition) is 4. The van der Waals surface area contributed by atoms with E-state index >= 15 is 0 Å². The van der Waals surface area contributed by atoms with E-state index in [4.69, 9.17) is 4.74 Å². The summed E-state index contributed by atoms with van der Waals surface area (Å²) >= 11 is 1.56. The van der Waals surface area contributed by atoms with Crippen LogP contribution in [0.15, 0.2) is 30.5 Å². The summed E-state index contributed by atoms with van der Waals surface area (Å²) in [6, 6.07) is 7.48. The third-order valence-electron chi connectivity index (χ3n) is 2.31. The molecule has 2 aromatic rings. The van der Waals surface area contributed by atoms with Gasteiger partial charge in [0.05, 0.1) is 7.11 Å². The van der Waals surface area contributed by atoms with Gasteiger partial charge in [0.15, 0.2) is 0 Å². The minimum Gasteiger partial charge on any atom is -0.495 e. The maximum Gasteiger partial charge on any atom is 0.143 e. The number of methoxy groups -OCH3 is 1. The van der Waals surface area contributed by atoms with Gasteiger partial charge >= 0.3 is 0 Å². The lowest BCUT2D eigenvalue weighted by molar-refractivity contribution is 0.213. The van der Waals surface area contributed by atoms with E-state index in [1.54, 1.807) is 36.8 Å². The number of hydrogen-bond donors (Lipinski definition) is 1. The first kappa shape index (κ1) is 11.1. The van der Waals surface area contributed by atoms with Crippen LogP contribution in [0.3, 0.4) is 0 Å². The summed E-state index contributed by atoms with van der Waals surface area (Å²) in [4.78, 5) is 6.22. The van der Waals surface area contributed by atoms with E-state index in [1.165, 1.54) is 4.88 Å². The molecule has 1 unspecified atom stereocenters. The van der Waals surface area contributed by atoms with Gasteiger partial charge in [-0.2, -0.15) is 0 Å². The summed E-state index contributed by atoms with van der Waals surface area (Å²) in [7, 11) is 1.58. The predicted octanol–water partition coefficient (Wildman–Crippen LogP) is 2.54. The van der Waals surface area contributed by atoms with Crippen LogP contribution in [-0.4, -0.2) is 17.2 Å². The molecule has 1 N–H and O–H groups in total. The third-order valence-corrected chi connectivity index (χ3v) is 3.36. The lowest BCUT2D eigenvalue weighted by Crippen LogP contribution is -2.02. The minimum absolute atomic E-state index is 0.562. The van der Waals surface area contributed by atoms with Gasteiger partial charge < -0.3 is 9.84 Å². The van der Waals surface area contributed by atoms with Crippen LogP contribution in [0.2, 0.25) is 0 Å². The molecule has 1 atom stereocenters. The van der Waals surface area contributed by atoms with Crippen LogP contribution in [0.5, 0.6) is 5.75 Å². The molecule has 2 aromatic heterocycles. The van der Waals surface area contributed by atoms with Crippen molar-refractivity contribution in [2.24, 2.45) is 0 Å².